The number of carbonyl (C=O) groups is 3. The Morgan fingerprint density at radius 3 is 2.47 bits per heavy atom. The number of thioether (sulfide) groups is 1. The van der Waals surface area contributed by atoms with Gasteiger partial charge in [0.05, 0.1) is 25.0 Å². The second kappa shape index (κ2) is 12.8. The molecule has 3 rings (SSSR count). The zero-order valence-electron chi connectivity index (χ0n) is 18.9. The van der Waals surface area contributed by atoms with Crippen molar-refractivity contribution in [3.05, 3.63) is 65.2 Å². The van der Waals surface area contributed by atoms with E-state index in [1.54, 1.807) is 31.4 Å². The molecule has 0 aliphatic carbocycles. The Morgan fingerprint density at radius 1 is 1.03 bits per heavy atom. The van der Waals surface area contributed by atoms with E-state index in [0.29, 0.717) is 30.0 Å². The van der Waals surface area contributed by atoms with Gasteiger partial charge in [0, 0.05) is 30.2 Å². The molecule has 0 unspecified atom stereocenters. The Morgan fingerprint density at radius 2 is 1.76 bits per heavy atom. The first kappa shape index (κ1) is 25.3. The van der Waals surface area contributed by atoms with Crippen molar-refractivity contribution in [1.29, 1.82) is 0 Å². The van der Waals surface area contributed by atoms with Gasteiger partial charge < -0.3 is 20.7 Å². The van der Waals surface area contributed by atoms with Crippen LogP contribution in [0.1, 0.15) is 18.2 Å². The molecule has 0 saturated heterocycles. The first-order chi connectivity index (χ1) is 16.4. The van der Waals surface area contributed by atoms with Gasteiger partial charge in [0.1, 0.15) is 5.75 Å². The molecular weight excluding hydrogens is 472 g/mol. The number of rotatable bonds is 11. The molecule has 0 fully saturated rings. The summed E-state index contributed by atoms with van der Waals surface area (Å²) in [4.78, 5) is 39.9. The molecule has 10 heteroatoms. The van der Waals surface area contributed by atoms with E-state index in [2.05, 4.69) is 20.9 Å². The highest BCUT2D eigenvalue weighted by Crippen LogP contribution is 2.23. The largest absolute Gasteiger partial charge is 0.497 e. The van der Waals surface area contributed by atoms with Crippen LogP contribution in [0, 0.1) is 0 Å². The van der Waals surface area contributed by atoms with Gasteiger partial charge >= 0.3 is 0 Å². The number of amides is 3. The van der Waals surface area contributed by atoms with Crippen LogP contribution in [-0.4, -0.2) is 42.1 Å². The molecule has 34 heavy (non-hydrogen) atoms. The van der Waals surface area contributed by atoms with E-state index in [9.17, 15) is 14.4 Å². The molecule has 0 saturated carbocycles. The molecule has 3 aromatic rings. The van der Waals surface area contributed by atoms with Crippen molar-refractivity contribution < 1.29 is 19.1 Å². The molecule has 8 nitrogen and oxygen atoms in total. The maximum absolute atomic E-state index is 12.2. The molecule has 3 N–H and O–H groups in total. The Hall–Kier alpha value is -3.37. The van der Waals surface area contributed by atoms with Crippen LogP contribution in [0.15, 0.2) is 58.3 Å². The summed E-state index contributed by atoms with van der Waals surface area (Å²) in [6, 6.07) is 14.6. The third-order valence-electron chi connectivity index (χ3n) is 4.56. The van der Waals surface area contributed by atoms with Crippen molar-refractivity contribution in [2.45, 2.75) is 24.1 Å². The summed E-state index contributed by atoms with van der Waals surface area (Å²) in [6.07, 6.45) is 0.911. The second-order valence-electron chi connectivity index (χ2n) is 7.33. The van der Waals surface area contributed by atoms with Crippen molar-refractivity contribution in [2.24, 2.45) is 0 Å². The van der Waals surface area contributed by atoms with Crippen LogP contribution in [0.4, 0.5) is 11.4 Å². The monoisotopic (exact) mass is 498 g/mol. The molecular formula is C24H26N4O4S2. The molecule has 1 aromatic heterocycles. The molecule has 2 aromatic carbocycles. The average Bonchev–Trinajstić information content (AvgIpc) is 3.26. The van der Waals surface area contributed by atoms with E-state index in [-0.39, 0.29) is 29.9 Å². The number of nitrogens with one attached hydrogen (secondary N) is 3. The van der Waals surface area contributed by atoms with Gasteiger partial charge in [0.15, 0.2) is 4.34 Å². The number of carbonyl (C=O) groups excluding carboxylic acids is 3. The van der Waals surface area contributed by atoms with Gasteiger partial charge in [0.2, 0.25) is 17.7 Å². The van der Waals surface area contributed by atoms with E-state index in [4.69, 9.17) is 4.74 Å². The number of methoxy groups -OCH3 is 1. The number of aromatic nitrogens is 1. The normalized spacial score (nSPS) is 10.4. The number of thiazole rings is 1. The van der Waals surface area contributed by atoms with Crippen molar-refractivity contribution in [2.75, 3.05) is 30.0 Å². The van der Waals surface area contributed by atoms with E-state index >= 15 is 0 Å². The summed E-state index contributed by atoms with van der Waals surface area (Å²) in [5.41, 5.74) is 3.08. The maximum Gasteiger partial charge on any atom is 0.234 e. The zero-order chi connectivity index (χ0) is 24.3. The standard InChI is InChI=1S/C24H26N4O4S2/c1-16(29)26-18-6-8-19(9-7-18)27-23(31)15-34-24-28-20(14-33-24)13-22(30)25-11-10-17-4-3-5-21(12-17)32-2/h3-9,12,14H,10-11,13,15H2,1-2H3,(H,25,30)(H,26,29)(H,27,31). The zero-order valence-corrected chi connectivity index (χ0v) is 20.6. The average molecular weight is 499 g/mol. The van der Waals surface area contributed by atoms with E-state index < -0.39 is 0 Å². The van der Waals surface area contributed by atoms with Gasteiger partial charge in [-0.2, -0.15) is 0 Å². The van der Waals surface area contributed by atoms with Crippen LogP contribution in [0.3, 0.4) is 0 Å². The Labute approximate surface area is 206 Å². The Balaban J connectivity index is 1.37. The predicted octanol–water partition coefficient (Wildman–Crippen LogP) is 3.74. The molecule has 0 bridgehead atoms. The van der Waals surface area contributed by atoms with Crippen molar-refractivity contribution in [1.82, 2.24) is 10.3 Å². The van der Waals surface area contributed by atoms with Crippen molar-refractivity contribution in [3.8, 4) is 5.75 Å². The number of nitrogens with zero attached hydrogens (tertiary/aromatic N) is 1. The summed E-state index contributed by atoms with van der Waals surface area (Å²) in [5.74, 6) is 0.591. The molecule has 178 valence electrons. The fraction of sp³-hybridized carbons (Fsp3) is 0.250. The summed E-state index contributed by atoms with van der Waals surface area (Å²) >= 11 is 2.73. The second-order valence-corrected chi connectivity index (χ2v) is 9.41. The third-order valence-corrected chi connectivity index (χ3v) is 6.63. The van der Waals surface area contributed by atoms with Gasteiger partial charge in [-0.15, -0.1) is 11.3 Å². The van der Waals surface area contributed by atoms with E-state index in [1.807, 2.05) is 29.6 Å². The molecule has 0 aliphatic rings. The van der Waals surface area contributed by atoms with Gasteiger partial charge in [0.25, 0.3) is 0 Å². The highest BCUT2D eigenvalue weighted by Gasteiger charge is 2.10. The summed E-state index contributed by atoms with van der Waals surface area (Å²) in [7, 11) is 1.63. The maximum atomic E-state index is 12.2. The minimum atomic E-state index is -0.163. The summed E-state index contributed by atoms with van der Waals surface area (Å²) < 4.78 is 5.94. The van der Waals surface area contributed by atoms with Crippen LogP contribution in [0.2, 0.25) is 0 Å². The third kappa shape index (κ3) is 8.53. The lowest BCUT2D eigenvalue weighted by Gasteiger charge is -2.06. The fourth-order valence-electron chi connectivity index (χ4n) is 3.00. The highest BCUT2D eigenvalue weighted by molar-refractivity contribution is 8.01. The van der Waals surface area contributed by atoms with Crippen LogP contribution >= 0.6 is 23.1 Å². The van der Waals surface area contributed by atoms with Crippen LogP contribution in [0.5, 0.6) is 5.75 Å². The van der Waals surface area contributed by atoms with Crippen LogP contribution in [-0.2, 0) is 27.2 Å². The molecule has 3 amide bonds. The van der Waals surface area contributed by atoms with Crippen molar-refractivity contribution >= 4 is 52.2 Å². The number of hydrogen-bond acceptors (Lipinski definition) is 7. The van der Waals surface area contributed by atoms with Gasteiger partial charge in [-0.1, -0.05) is 23.9 Å². The van der Waals surface area contributed by atoms with Gasteiger partial charge in [-0.3, -0.25) is 14.4 Å². The Kier molecular flexibility index (Phi) is 9.48. The quantitative estimate of drug-likeness (QED) is 0.348. The van der Waals surface area contributed by atoms with Crippen molar-refractivity contribution in [3.63, 3.8) is 0 Å². The molecule has 0 radical (unpaired) electrons. The highest BCUT2D eigenvalue weighted by atomic mass is 32.2. The van der Waals surface area contributed by atoms with Gasteiger partial charge in [-0.05, 0) is 48.4 Å². The van der Waals surface area contributed by atoms with E-state index in [0.717, 1.165) is 15.7 Å². The van der Waals surface area contributed by atoms with E-state index in [1.165, 1.54) is 30.0 Å². The number of anilines is 2. The smallest absolute Gasteiger partial charge is 0.234 e. The lowest BCUT2D eigenvalue weighted by molar-refractivity contribution is -0.120. The van der Waals surface area contributed by atoms with Crippen LogP contribution < -0.4 is 20.7 Å². The minimum Gasteiger partial charge on any atom is -0.497 e. The number of benzene rings is 2. The summed E-state index contributed by atoms with van der Waals surface area (Å²) in [6.45, 7) is 1.97. The molecule has 0 spiro atoms. The summed E-state index contributed by atoms with van der Waals surface area (Å²) in [5, 5.41) is 10.2. The Bertz CT molecular complexity index is 1130. The molecule has 0 aliphatic heterocycles. The number of ether oxygens (including phenoxy) is 1. The SMILES string of the molecule is COc1cccc(CCNC(=O)Cc2csc(SCC(=O)Nc3ccc(NC(C)=O)cc3)n2)c1. The topological polar surface area (TPSA) is 109 Å². The van der Waals surface area contributed by atoms with Gasteiger partial charge in [-0.25, -0.2) is 4.98 Å². The lowest BCUT2D eigenvalue weighted by atomic mass is 10.1. The molecule has 1 heterocycles. The number of hydrogen-bond donors (Lipinski definition) is 3. The minimum absolute atomic E-state index is 0.0924. The molecule has 0 atom stereocenters. The first-order valence-corrected chi connectivity index (χ1v) is 12.4. The fourth-order valence-corrected chi connectivity index (χ4v) is 4.65. The first-order valence-electron chi connectivity index (χ1n) is 10.6. The predicted molar refractivity (Wildman–Crippen MR) is 136 cm³/mol. The van der Waals surface area contributed by atoms with Crippen LogP contribution in [0.25, 0.3) is 0 Å². The lowest BCUT2D eigenvalue weighted by Crippen LogP contribution is -2.27.